The normalized spacial score (nSPS) is 28.5. The van der Waals surface area contributed by atoms with Gasteiger partial charge in [0.05, 0.1) is 5.92 Å². The number of carbonyl (C=O) groups excluding carboxylic acids is 1. The van der Waals surface area contributed by atoms with Crippen molar-refractivity contribution in [1.82, 2.24) is 4.90 Å². The van der Waals surface area contributed by atoms with Crippen LogP contribution in [-0.2, 0) is 14.3 Å². The van der Waals surface area contributed by atoms with Crippen molar-refractivity contribution >= 4 is 11.9 Å². The first-order valence-electron chi connectivity index (χ1n) is 7.85. The quantitative estimate of drug-likeness (QED) is 0.926. The van der Waals surface area contributed by atoms with Crippen LogP contribution in [0.4, 0.5) is 0 Å². The second kappa shape index (κ2) is 6.48. The molecule has 1 aromatic rings. The average Bonchev–Trinajstić information content (AvgIpc) is 3.01. The highest BCUT2D eigenvalue weighted by atomic mass is 16.5. The van der Waals surface area contributed by atoms with Crippen molar-refractivity contribution in [2.24, 2.45) is 5.92 Å². The van der Waals surface area contributed by atoms with Gasteiger partial charge in [0.15, 0.2) is 0 Å². The SMILES string of the molecule is O=C(O)C1CN(C(=O)C2CCCCO2)CC1c1ccccc1. The number of nitrogens with zero attached hydrogens (tertiary/aromatic N) is 1. The Morgan fingerprint density at radius 2 is 1.91 bits per heavy atom. The number of carboxylic acids is 1. The number of rotatable bonds is 3. The number of hydrogen-bond acceptors (Lipinski definition) is 3. The molecule has 2 aliphatic heterocycles. The maximum Gasteiger partial charge on any atom is 0.308 e. The van der Waals surface area contributed by atoms with E-state index in [1.54, 1.807) is 4.90 Å². The van der Waals surface area contributed by atoms with Crippen LogP contribution in [0.5, 0.6) is 0 Å². The third-order valence-corrected chi connectivity index (χ3v) is 4.63. The van der Waals surface area contributed by atoms with Crippen molar-refractivity contribution in [2.75, 3.05) is 19.7 Å². The Morgan fingerprint density at radius 1 is 1.14 bits per heavy atom. The molecule has 0 saturated carbocycles. The zero-order valence-electron chi connectivity index (χ0n) is 12.5. The van der Waals surface area contributed by atoms with Gasteiger partial charge in [-0.25, -0.2) is 0 Å². The lowest BCUT2D eigenvalue weighted by molar-refractivity contribution is -0.146. The number of hydrogen-bond donors (Lipinski definition) is 1. The zero-order valence-corrected chi connectivity index (χ0v) is 12.5. The van der Waals surface area contributed by atoms with E-state index >= 15 is 0 Å². The Labute approximate surface area is 129 Å². The molecule has 1 N–H and O–H groups in total. The van der Waals surface area contributed by atoms with Crippen LogP contribution in [0.15, 0.2) is 30.3 Å². The van der Waals surface area contributed by atoms with Gasteiger partial charge < -0.3 is 14.7 Å². The molecule has 0 aromatic heterocycles. The smallest absolute Gasteiger partial charge is 0.308 e. The van der Waals surface area contributed by atoms with Gasteiger partial charge in [-0.2, -0.15) is 0 Å². The predicted octanol–water partition coefficient (Wildman–Crippen LogP) is 1.88. The molecular weight excluding hydrogens is 282 g/mol. The van der Waals surface area contributed by atoms with E-state index in [-0.39, 0.29) is 18.4 Å². The highest BCUT2D eigenvalue weighted by Crippen LogP contribution is 2.33. The molecule has 2 fully saturated rings. The Bertz CT molecular complexity index is 539. The molecular formula is C17H21NO4. The lowest BCUT2D eigenvalue weighted by Crippen LogP contribution is -2.41. The van der Waals surface area contributed by atoms with Crippen molar-refractivity contribution in [3.63, 3.8) is 0 Å². The summed E-state index contributed by atoms with van der Waals surface area (Å²) in [6.45, 7) is 1.35. The van der Waals surface area contributed by atoms with Gasteiger partial charge in [0.2, 0.25) is 0 Å². The molecule has 22 heavy (non-hydrogen) atoms. The van der Waals surface area contributed by atoms with Crippen LogP contribution < -0.4 is 0 Å². The minimum atomic E-state index is -0.839. The Morgan fingerprint density at radius 3 is 2.55 bits per heavy atom. The van der Waals surface area contributed by atoms with Crippen molar-refractivity contribution in [3.8, 4) is 0 Å². The van der Waals surface area contributed by atoms with Crippen LogP contribution in [0.2, 0.25) is 0 Å². The van der Waals surface area contributed by atoms with E-state index in [9.17, 15) is 14.7 Å². The Balaban J connectivity index is 1.75. The monoisotopic (exact) mass is 303 g/mol. The molecule has 3 atom stereocenters. The Kier molecular flexibility index (Phi) is 4.43. The molecule has 0 aliphatic carbocycles. The molecule has 3 rings (SSSR count). The summed E-state index contributed by atoms with van der Waals surface area (Å²) >= 11 is 0. The number of ether oxygens (including phenoxy) is 1. The van der Waals surface area contributed by atoms with E-state index in [4.69, 9.17) is 4.74 Å². The molecule has 2 aliphatic rings. The fourth-order valence-electron chi connectivity index (χ4n) is 3.41. The first kappa shape index (κ1) is 15.0. The highest BCUT2D eigenvalue weighted by molar-refractivity contribution is 5.83. The summed E-state index contributed by atoms with van der Waals surface area (Å²) in [6.07, 6.45) is 2.34. The summed E-state index contributed by atoms with van der Waals surface area (Å²) in [7, 11) is 0. The molecule has 3 unspecified atom stereocenters. The summed E-state index contributed by atoms with van der Waals surface area (Å²) in [6, 6.07) is 9.59. The minimum Gasteiger partial charge on any atom is -0.481 e. The van der Waals surface area contributed by atoms with Gasteiger partial charge in [0.25, 0.3) is 5.91 Å². The summed E-state index contributed by atoms with van der Waals surface area (Å²) in [5, 5.41) is 9.49. The van der Waals surface area contributed by atoms with Crippen molar-refractivity contribution in [1.29, 1.82) is 0 Å². The number of carboxylic acid groups (broad SMARTS) is 1. The zero-order chi connectivity index (χ0) is 15.5. The number of likely N-dealkylation sites (tertiary alicyclic amines) is 1. The Hall–Kier alpha value is -1.88. The fraction of sp³-hybridized carbons (Fsp3) is 0.529. The average molecular weight is 303 g/mol. The van der Waals surface area contributed by atoms with Crippen LogP contribution in [0.1, 0.15) is 30.7 Å². The molecule has 2 heterocycles. The van der Waals surface area contributed by atoms with Crippen LogP contribution in [0.25, 0.3) is 0 Å². The summed E-state index contributed by atoms with van der Waals surface area (Å²) in [5.41, 5.74) is 0.981. The molecule has 1 amide bonds. The maximum atomic E-state index is 12.6. The number of amides is 1. The highest BCUT2D eigenvalue weighted by Gasteiger charge is 2.42. The third kappa shape index (κ3) is 2.99. The third-order valence-electron chi connectivity index (χ3n) is 4.63. The first-order valence-corrected chi connectivity index (χ1v) is 7.85. The second-order valence-corrected chi connectivity index (χ2v) is 6.06. The summed E-state index contributed by atoms with van der Waals surface area (Å²) < 4.78 is 5.55. The van der Waals surface area contributed by atoms with Crippen molar-refractivity contribution < 1.29 is 19.4 Å². The molecule has 0 radical (unpaired) electrons. The van der Waals surface area contributed by atoms with E-state index in [1.165, 1.54) is 0 Å². The van der Waals surface area contributed by atoms with E-state index < -0.39 is 18.0 Å². The maximum absolute atomic E-state index is 12.6. The number of aliphatic carboxylic acids is 1. The molecule has 5 heteroatoms. The lowest BCUT2D eigenvalue weighted by atomic mass is 9.89. The predicted molar refractivity (Wildman–Crippen MR) is 80.5 cm³/mol. The number of carbonyl (C=O) groups is 2. The molecule has 0 spiro atoms. The molecule has 2 saturated heterocycles. The van der Waals surface area contributed by atoms with Gasteiger partial charge in [0, 0.05) is 25.6 Å². The van der Waals surface area contributed by atoms with Gasteiger partial charge in [0.1, 0.15) is 6.10 Å². The number of benzene rings is 1. The van der Waals surface area contributed by atoms with E-state index in [0.29, 0.717) is 13.2 Å². The van der Waals surface area contributed by atoms with Gasteiger partial charge in [-0.05, 0) is 24.8 Å². The molecule has 0 bridgehead atoms. The largest absolute Gasteiger partial charge is 0.481 e. The van der Waals surface area contributed by atoms with Gasteiger partial charge in [-0.15, -0.1) is 0 Å². The topological polar surface area (TPSA) is 66.8 Å². The van der Waals surface area contributed by atoms with Crippen molar-refractivity contribution in [2.45, 2.75) is 31.3 Å². The fourth-order valence-corrected chi connectivity index (χ4v) is 3.41. The van der Waals surface area contributed by atoms with Gasteiger partial charge in [-0.1, -0.05) is 30.3 Å². The second-order valence-electron chi connectivity index (χ2n) is 6.06. The standard InChI is InChI=1S/C17H21NO4/c19-16(15-8-4-5-9-22-15)18-10-13(14(11-18)17(20)21)12-6-2-1-3-7-12/h1-3,6-7,13-15H,4-5,8-11H2,(H,20,21). The van der Waals surface area contributed by atoms with E-state index in [0.717, 1.165) is 24.8 Å². The molecule has 5 nitrogen and oxygen atoms in total. The van der Waals surface area contributed by atoms with Crippen LogP contribution in [0.3, 0.4) is 0 Å². The van der Waals surface area contributed by atoms with E-state index in [1.807, 2.05) is 30.3 Å². The molecule has 118 valence electrons. The van der Waals surface area contributed by atoms with Crippen LogP contribution in [-0.4, -0.2) is 47.7 Å². The van der Waals surface area contributed by atoms with Crippen LogP contribution >= 0.6 is 0 Å². The van der Waals surface area contributed by atoms with Crippen molar-refractivity contribution in [3.05, 3.63) is 35.9 Å². The molecule has 1 aromatic carbocycles. The van der Waals surface area contributed by atoms with Gasteiger partial charge >= 0.3 is 5.97 Å². The van der Waals surface area contributed by atoms with E-state index in [2.05, 4.69) is 0 Å². The minimum absolute atomic E-state index is 0.0515. The summed E-state index contributed by atoms with van der Waals surface area (Å²) in [5.74, 6) is -1.58. The first-order chi connectivity index (χ1) is 10.7. The summed E-state index contributed by atoms with van der Waals surface area (Å²) in [4.78, 5) is 25.8. The van der Waals surface area contributed by atoms with Crippen LogP contribution in [0, 0.1) is 5.92 Å². The van der Waals surface area contributed by atoms with Gasteiger partial charge in [-0.3, -0.25) is 9.59 Å². The lowest BCUT2D eigenvalue weighted by Gasteiger charge is -2.26.